The highest BCUT2D eigenvalue weighted by Crippen LogP contribution is 2.33. The van der Waals surface area contributed by atoms with E-state index in [0.717, 1.165) is 24.8 Å². The maximum absolute atomic E-state index is 13.9. The van der Waals surface area contributed by atoms with Gasteiger partial charge in [-0.3, -0.25) is 4.79 Å². The molecule has 3 rings (SSSR count). The normalized spacial score (nSPS) is 17.3. The minimum atomic E-state index is -0.475. The summed E-state index contributed by atoms with van der Waals surface area (Å²) in [4.78, 5) is 12.6. The van der Waals surface area contributed by atoms with Gasteiger partial charge in [0, 0.05) is 12.3 Å². The van der Waals surface area contributed by atoms with Crippen molar-refractivity contribution in [2.24, 2.45) is 0 Å². The van der Waals surface area contributed by atoms with Crippen molar-refractivity contribution in [3.05, 3.63) is 70.0 Å². The van der Waals surface area contributed by atoms with Gasteiger partial charge < -0.3 is 0 Å². The number of benzene rings is 2. The van der Waals surface area contributed by atoms with Crippen LogP contribution in [-0.4, -0.2) is 5.78 Å². The van der Waals surface area contributed by atoms with Crippen LogP contribution in [0.25, 0.3) is 0 Å². The number of halogens is 2. The van der Waals surface area contributed by atoms with Crippen LogP contribution in [0.15, 0.2) is 42.5 Å². The molecule has 0 heterocycles. The van der Waals surface area contributed by atoms with Crippen LogP contribution in [0, 0.1) is 5.82 Å². The highest BCUT2D eigenvalue weighted by atomic mass is 35.5. The summed E-state index contributed by atoms with van der Waals surface area (Å²) in [5, 5.41) is 0.0735. The fraction of sp³-hybridized carbons (Fsp3) is 0.278. The summed E-state index contributed by atoms with van der Waals surface area (Å²) < 4.78 is 13.9. The lowest BCUT2D eigenvalue weighted by molar-refractivity contribution is -0.120. The molecule has 3 heteroatoms. The maximum atomic E-state index is 13.9. The number of carbonyl (C=O) groups is 1. The molecule has 0 amide bonds. The van der Waals surface area contributed by atoms with Crippen LogP contribution in [0.5, 0.6) is 0 Å². The summed E-state index contributed by atoms with van der Waals surface area (Å²) in [6, 6.07) is 12.9. The molecule has 0 spiro atoms. The maximum Gasteiger partial charge on any atom is 0.145 e. The van der Waals surface area contributed by atoms with E-state index in [9.17, 15) is 9.18 Å². The number of ketones is 1. The van der Waals surface area contributed by atoms with Crippen LogP contribution in [-0.2, 0) is 17.6 Å². The van der Waals surface area contributed by atoms with E-state index in [1.165, 1.54) is 11.6 Å². The number of aryl methyl sites for hydroxylation is 1. The Bertz CT molecular complexity index is 681. The van der Waals surface area contributed by atoms with Crippen molar-refractivity contribution in [1.82, 2.24) is 0 Å². The molecule has 2 aromatic rings. The monoisotopic (exact) mass is 302 g/mol. The van der Waals surface area contributed by atoms with E-state index in [2.05, 4.69) is 6.07 Å². The van der Waals surface area contributed by atoms with Crippen molar-refractivity contribution in [2.45, 2.75) is 31.6 Å². The van der Waals surface area contributed by atoms with Gasteiger partial charge in [-0.05, 0) is 42.0 Å². The third kappa shape index (κ3) is 2.86. The van der Waals surface area contributed by atoms with Crippen LogP contribution in [0.4, 0.5) is 4.39 Å². The summed E-state index contributed by atoms with van der Waals surface area (Å²) >= 11 is 5.78. The largest absolute Gasteiger partial charge is 0.299 e. The third-order valence-corrected chi connectivity index (χ3v) is 4.45. The van der Waals surface area contributed by atoms with Crippen LogP contribution in [0.2, 0.25) is 5.02 Å². The SMILES string of the molecule is O=C(Cc1cccc(Cl)c1F)C1CCCc2ccccc21. The Labute approximate surface area is 128 Å². The first-order chi connectivity index (χ1) is 10.2. The number of fused-ring (bicyclic) bond motifs is 1. The van der Waals surface area contributed by atoms with E-state index >= 15 is 0 Å². The molecular weight excluding hydrogens is 287 g/mol. The van der Waals surface area contributed by atoms with Crippen molar-refractivity contribution in [2.75, 3.05) is 0 Å². The topological polar surface area (TPSA) is 17.1 Å². The number of Topliss-reactive ketones (excluding diaryl/α,β-unsaturated/α-hetero) is 1. The van der Waals surface area contributed by atoms with Crippen LogP contribution < -0.4 is 0 Å². The molecule has 0 bridgehead atoms. The smallest absolute Gasteiger partial charge is 0.145 e. The highest BCUT2D eigenvalue weighted by molar-refractivity contribution is 6.30. The molecule has 0 fully saturated rings. The van der Waals surface area contributed by atoms with E-state index in [1.54, 1.807) is 12.1 Å². The first kappa shape index (κ1) is 14.3. The minimum Gasteiger partial charge on any atom is -0.299 e. The van der Waals surface area contributed by atoms with Gasteiger partial charge in [0.1, 0.15) is 11.6 Å². The molecule has 1 aliphatic carbocycles. The molecule has 1 nitrogen and oxygen atoms in total. The predicted molar refractivity (Wildman–Crippen MR) is 82.2 cm³/mol. The number of carbonyl (C=O) groups excluding carboxylic acids is 1. The Morgan fingerprint density at radius 2 is 2.00 bits per heavy atom. The van der Waals surface area contributed by atoms with Crippen LogP contribution >= 0.6 is 11.6 Å². The van der Waals surface area contributed by atoms with Crippen molar-refractivity contribution < 1.29 is 9.18 Å². The van der Waals surface area contributed by atoms with E-state index in [1.807, 2.05) is 18.2 Å². The fourth-order valence-electron chi connectivity index (χ4n) is 3.08. The standard InChI is InChI=1S/C18H16ClFO/c19-16-10-4-7-13(18(16)20)11-17(21)15-9-3-6-12-5-1-2-8-14(12)15/h1-2,4-5,7-8,10,15H,3,6,9,11H2. The second kappa shape index (κ2) is 5.98. The minimum absolute atomic E-state index is 0.0725. The summed E-state index contributed by atoms with van der Waals surface area (Å²) in [6.07, 6.45) is 2.97. The van der Waals surface area contributed by atoms with Gasteiger partial charge in [0.15, 0.2) is 0 Å². The number of rotatable bonds is 3. The van der Waals surface area contributed by atoms with Gasteiger partial charge in [-0.25, -0.2) is 4.39 Å². The van der Waals surface area contributed by atoms with Gasteiger partial charge >= 0.3 is 0 Å². The van der Waals surface area contributed by atoms with Gasteiger partial charge in [-0.2, -0.15) is 0 Å². The molecule has 0 N–H and O–H groups in total. The zero-order chi connectivity index (χ0) is 14.8. The average molecular weight is 303 g/mol. The van der Waals surface area contributed by atoms with Crippen molar-refractivity contribution in [1.29, 1.82) is 0 Å². The lowest BCUT2D eigenvalue weighted by Gasteiger charge is -2.24. The van der Waals surface area contributed by atoms with E-state index in [-0.39, 0.29) is 23.1 Å². The van der Waals surface area contributed by atoms with Gasteiger partial charge in [0.25, 0.3) is 0 Å². The third-order valence-electron chi connectivity index (χ3n) is 4.15. The van der Waals surface area contributed by atoms with Crippen molar-refractivity contribution in [3.63, 3.8) is 0 Å². The molecule has 1 atom stereocenters. The zero-order valence-electron chi connectivity index (χ0n) is 11.6. The Morgan fingerprint density at radius 1 is 1.19 bits per heavy atom. The first-order valence-electron chi connectivity index (χ1n) is 7.20. The molecule has 21 heavy (non-hydrogen) atoms. The van der Waals surface area contributed by atoms with Gasteiger partial charge in [-0.15, -0.1) is 0 Å². The van der Waals surface area contributed by atoms with Gasteiger partial charge in [-0.1, -0.05) is 48.0 Å². The first-order valence-corrected chi connectivity index (χ1v) is 7.58. The molecule has 0 saturated carbocycles. The van der Waals surface area contributed by atoms with E-state index in [4.69, 9.17) is 11.6 Å². The number of hydrogen-bond donors (Lipinski definition) is 0. The zero-order valence-corrected chi connectivity index (χ0v) is 12.4. The molecule has 108 valence electrons. The molecule has 0 aliphatic heterocycles. The molecule has 0 aromatic heterocycles. The second-order valence-corrected chi connectivity index (χ2v) is 5.91. The Balaban J connectivity index is 1.85. The average Bonchev–Trinajstić information content (AvgIpc) is 2.51. The second-order valence-electron chi connectivity index (χ2n) is 5.50. The van der Waals surface area contributed by atoms with Crippen molar-refractivity contribution >= 4 is 17.4 Å². The van der Waals surface area contributed by atoms with Gasteiger partial charge in [0.2, 0.25) is 0 Å². The lowest BCUT2D eigenvalue weighted by Crippen LogP contribution is -2.20. The molecule has 1 unspecified atom stereocenters. The quantitative estimate of drug-likeness (QED) is 0.802. The Hall–Kier alpha value is -1.67. The summed E-state index contributed by atoms with van der Waals surface area (Å²) in [5.74, 6) is -0.520. The molecule has 0 radical (unpaired) electrons. The summed E-state index contributed by atoms with van der Waals surface area (Å²) in [5.41, 5.74) is 2.74. The number of hydrogen-bond acceptors (Lipinski definition) is 1. The summed E-state index contributed by atoms with van der Waals surface area (Å²) in [6.45, 7) is 0. The Morgan fingerprint density at radius 3 is 2.86 bits per heavy atom. The summed E-state index contributed by atoms with van der Waals surface area (Å²) in [7, 11) is 0. The molecule has 1 aliphatic rings. The lowest BCUT2D eigenvalue weighted by atomic mass is 9.79. The molecular formula is C18H16ClFO. The van der Waals surface area contributed by atoms with Crippen LogP contribution in [0.3, 0.4) is 0 Å². The van der Waals surface area contributed by atoms with E-state index in [0.29, 0.717) is 5.56 Å². The Kier molecular flexibility index (Phi) is 4.07. The van der Waals surface area contributed by atoms with Crippen LogP contribution in [0.1, 0.15) is 35.4 Å². The van der Waals surface area contributed by atoms with E-state index < -0.39 is 5.82 Å². The van der Waals surface area contributed by atoms with Crippen molar-refractivity contribution in [3.8, 4) is 0 Å². The molecule has 0 saturated heterocycles. The predicted octanol–water partition coefficient (Wildman–Crippen LogP) is 4.71. The molecule has 2 aromatic carbocycles. The van der Waals surface area contributed by atoms with Gasteiger partial charge in [0.05, 0.1) is 5.02 Å². The fourth-order valence-corrected chi connectivity index (χ4v) is 3.28. The highest BCUT2D eigenvalue weighted by Gasteiger charge is 2.26.